The second kappa shape index (κ2) is 7.20. The molecule has 0 aliphatic heterocycles. The van der Waals surface area contributed by atoms with Crippen molar-refractivity contribution in [2.45, 2.75) is 19.5 Å². The Balaban J connectivity index is 2.25. The van der Waals surface area contributed by atoms with Crippen molar-refractivity contribution in [3.05, 3.63) is 65.5 Å². The zero-order valence-electron chi connectivity index (χ0n) is 12.2. The van der Waals surface area contributed by atoms with E-state index in [0.29, 0.717) is 18.8 Å². The summed E-state index contributed by atoms with van der Waals surface area (Å²) < 4.78 is 14.3. The van der Waals surface area contributed by atoms with Gasteiger partial charge < -0.3 is 15.7 Å². The van der Waals surface area contributed by atoms with Crippen molar-refractivity contribution in [1.82, 2.24) is 0 Å². The van der Waals surface area contributed by atoms with Crippen molar-refractivity contribution < 1.29 is 9.50 Å². The lowest BCUT2D eigenvalue weighted by Crippen LogP contribution is -2.27. The Morgan fingerprint density at radius 3 is 2.48 bits per heavy atom. The van der Waals surface area contributed by atoms with Crippen molar-refractivity contribution in [2.75, 3.05) is 18.1 Å². The van der Waals surface area contributed by atoms with E-state index in [1.54, 1.807) is 6.07 Å². The topological polar surface area (TPSA) is 49.5 Å². The molecule has 112 valence electrons. The maximum atomic E-state index is 14.3. The largest absolute Gasteiger partial charge is 0.395 e. The Morgan fingerprint density at radius 2 is 1.90 bits per heavy atom. The molecule has 0 fully saturated rings. The predicted octanol–water partition coefficient (Wildman–Crippen LogP) is 2.84. The Kier molecular flexibility index (Phi) is 5.31. The monoisotopic (exact) mass is 288 g/mol. The van der Waals surface area contributed by atoms with Gasteiger partial charge in [0.2, 0.25) is 0 Å². The molecule has 2 rings (SSSR count). The van der Waals surface area contributed by atoms with Crippen molar-refractivity contribution in [1.29, 1.82) is 0 Å². The molecular weight excluding hydrogens is 267 g/mol. The molecule has 3 N–H and O–H groups in total. The number of rotatable bonds is 6. The number of benzene rings is 2. The van der Waals surface area contributed by atoms with Crippen molar-refractivity contribution in [2.24, 2.45) is 5.73 Å². The fourth-order valence-corrected chi connectivity index (χ4v) is 2.27. The summed E-state index contributed by atoms with van der Waals surface area (Å²) in [5.74, 6) is -0.311. The first-order chi connectivity index (χ1) is 10.1. The lowest BCUT2D eigenvalue weighted by atomic mass is 10.1. The molecule has 2 aromatic rings. The zero-order chi connectivity index (χ0) is 15.2. The van der Waals surface area contributed by atoms with Crippen LogP contribution in [0, 0.1) is 5.82 Å². The number of hydrogen-bond acceptors (Lipinski definition) is 3. The van der Waals surface area contributed by atoms with Crippen LogP contribution < -0.4 is 10.6 Å². The van der Waals surface area contributed by atoms with Crippen LogP contribution in [0.2, 0.25) is 0 Å². The Labute approximate surface area is 124 Å². The summed E-state index contributed by atoms with van der Waals surface area (Å²) in [7, 11) is 0. The number of nitrogens with zero attached hydrogens (tertiary/aromatic N) is 1. The van der Waals surface area contributed by atoms with Crippen LogP contribution in [-0.4, -0.2) is 18.3 Å². The number of halogens is 1. The van der Waals surface area contributed by atoms with Crippen LogP contribution in [0.25, 0.3) is 0 Å². The number of aliphatic hydroxyl groups excluding tert-OH is 1. The molecule has 0 unspecified atom stereocenters. The van der Waals surface area contributed by atoms with E-state index >= 15 is 0 Å². The summed E-state index contributed by atoms with van der Waals surface area (Å²) in [6.45, 7) is 2.73. The molecule has 0 spiro atoms. The first-order valence-corrected chi connectivity index (χ1v) is 7.06. The van der Waals surface area contributed by atoms with Crippen molar-refractivity contribution in [3.63, 3.8) is 0 Å². The highest BCUT2D eigenvalue weighted by Gasteiger charge is 2.13. The minimum absolute atomic E-state index is 0.0265. The molecule has 0 aliphatic carbocycles. The van der Waals surface area contributed by atoms with Crippen LogP contribution in [0.1, 0.15) is 24.1 Å². The molecule has 0 bridgehead atoms. The second-order valence-electron chi connectivity index (χ2n) is 5.13. The average molecular weight is 288 g/mol. The summed E-state index contributed by atoms with van der Waals surface area (Å²) in [6.07, 6.45) is 0. The van der Waals surface area contributed by atoms with Crippen LogP contribution in [0.3, 0.4) is 0 Å². The van der Waals surface area contributed by atoms with E-state index in [1.165, 1.54) is 6.07 Å². The molecule has 0 saturated carbocycles. The Morgan fingerprint density at radius 1 is 1.19 bits per heavy atom. The lowest BCUT2D eigenvalue weighted by molar-refractivity contribution is 0.301. The Bertz CT molecular complexity index is 572. The summed E-state index contributed by atoms with van der Waals surface area (Å²) in [5.41, 5.74) is 8.09. The van der Waals surface area contributed by atoms with Crippen LogP contribution in [0.4, 0.5) is 10.1 Å². The number of anilines is 1. The molecule has 0 amide bonds. The summed E-state index contributed by atoms with van der Waals surface area (Å²) >= 11 is 0. The molecule has 21 heavy (non-hydrogen) atoms. The van der Waals surface area contributed by atoms with E-state index < -0.39 is 0 Å². The van der Waals surface area contributed by atoms with Crippen molar-refractivity contribution in [3.8, 4) is 0 Å². The van der Waals surface area contributed by atoms with Crippen molar-refractivity contribution >= 4 is 5.69 Å². The van der Waals surface area contributed by atoms with Gasteiger partial charge in [0.1, 0.15) is 5.82 Å². The number of aliphatic hydroxyl groups is 1. The molecule has 0 aliphatic rings. The first-order valence-electron chi connectivity index (χ1n) is 7.06. The van der Waals surface area contributed by atoms with Gasteiger partial charge in [0, 0.05) is 19.1 Å². The van der Waals surface area contributed by atoms with Gasteiger partial charge >= 0.3 is 0 Å². The van der Waals surface area contributed by atoms with Gasteiger partial charge in [-0.05, 0) is 30.2 Å². The molecule has 0 saturated heterocycles. The van der Waals surface area contributed by atoms with Crippen LogP contribution in [0.15, 0.2) is 48.5 Å². The second-order valence-corrected chi connectivity index (χ2v) is 5.13. The van der Waals surface area contributed by atoms with E-state index in [9.17, 15) is 9.50 Å². The van der Waals surface area contributed by atoms with Gasteiger partial charge in [-0.1, -0.05) is 36.4 Å². The van der Waals surface area contributed by atoms with Gasteiger partial charge in [-0.2, -0.15) is 0 Å². The maximum absolute atomic E-state index is 14.3. The molecule has 0 heterocycles. The third-order valence-electron chi connectivity index (χ3n) is 3.42. The van der Waals surface area contributed by atoms with Gasteiger partial charge in [-0.15, -0.1) is 0 Å². The molecule has 1 atom stereocenters. The SMILES string of the molecule is C[C@H](N)c1ccc(N(CCO)Cc2ccccc2)c(F)c1. The van der Waals surface area contributed by atoms with Gasteiger partial charge in [0.15, 0.2) is 0 Å². The molecular formula is C17H21FN2O. The van der Waals surface area contributed by atoms with E-state index in [2.05, 4.69) is 0 Å². The minimum Gasteiger partial charge on any atom is -0.395 e. The van der Waals surface area contributed by atoms with Crippen LogP contribution >= 0.6 is 0 Å². The highest BCUT2D eigenvalue weighted by Crippen LogP contribution is 2.24. The molecule has 0 radical (unpaired) electrons. The maximum Gasteiger partial charge on any atom is 0.146 e. The highest BCUT2D eigenvalue weighted by molar-refractivity contribution is 5.50. The van der Waals surface area contributed by atoms with Crippen LogP contribution in [0.5, 0.6) is 0 Å². The minimum atomic E-state index is -0.311. The number of hydrogen-bond donors (Lipinski definition) is 2. The molecule has 2 aromatic carbocycles. The van der Waals surface area contributed by atoms with E-state index in [-0.39, 0.29) is 18.5 Å². The summed E-state index contributed by atoms with van der Waals surface area (Å²) in [6, 6.07) is 14.6. The molecule has 4 heteroatoms. The lowest BCUT2D eigenvalue weighted by Gasteiger charge is -2.25. The first kappa shape index (κ1) is 15.5. The zero-order valence-corrected chi connectivity index (χ0v) is 12.2. The van der Waals surface area contributed by atoms with Gasteiger partial charge in [-0.25, -0.2) is 4.39 Å². The fourth-order valence-electron chi connectivity index (χ4n) is 2.27. The van der Waals surface area contributed by atoms with E-state index in [1.807, 2.05) is 48.2 Å². The van der Waals surface area contributed by atoms with Gasteiger partial charge in [0.25, 0.3) is 0 Å². The third kappa shape index (κ3) is 4.03. The van der Waals surface area contributed by atoms with Gasteiger partial charge in [0.05, 0.1) is 12.3 Å². The Hall–Kier alpha value is -1.91. The molecule has 0 aromatic heterocycles. The fraction of sp³-hybridized carbons (Fsp3) is 0.294. The molecule has 3 nitrogen and oxygen atoms in total. The third-order valence-corrected chi connectivity index (χ3v) is 3.42. The predicted molar refractivity (Wildman–Crippen MR) is 83.6 cm³/mol. The summed E-state index contributed by atoms with van der Waals surface area (Å²) in [5, 5.41) is 9.23. The van der Waals surface area contributed by atoms with Gasteiger partial charge in [-0.3, -0.25) is 0 Å². The normalized spacial score (nSPS) is 12.2. The highest BCUT2D eigenvalue weighted by atomic mass is 19.1. The number of nitrogens with two attached hydrogens (primary N) is 1. The van der Waals surface area contributed by atoms with E-state index in [4.69, 9.17) is 5.73 Å². The van der Waals surface area contributed by atoms with E-state index in [0.717, 1.165) is 11.1 Å². The quantitative estimate of drug-likeness (QED) is 0.859. The van der Waals surface area contributed by atoms with Crippen LogP contribution in [-0.2, 0) is 6.54 Å². The summed E-state index contributed by atoms with van der Waals surface area (Å²) in [4.78, 5) is 1.83. The smallest absolute Gasteiger partial charge is 0.146 e. The standard InChI is InChI=1S/C17H21FN2O/c1-13(19)15-7-8-17(16(18)11-15)20(9-10-21)12-14-5-3-2-4-6-14/h2-8,11,13,21H,9-10,12,19H2,1H3/t13-/m0/s1. The average Bonchev–Trinajstić information content (AvgIpc) is 2.48.